The maximum atomic E-state index is 5.58. The van der Waals surface area contributed by atoms with Crippen molar-refractivity contribution in [3.63, 3.8) is 0 Å². The molecule has 1 aromatic heterocycles. The molecule has 0 saturated heterocycles. The average molecular weight is 266 g/mol. The summed E-state index contributed by atoms with van der Waals surface area (Å²) in [6.07, 6.45) is 0. The molecule has 0 fully saturated rings. The Morgan fingerprint density at radius 1 is 1.40 bits per heavy atom. The van der Waals surface area contributed by atoms with Crippen molar-refractivity contribution in [1.82, 2.24) is 10.2 Å². The molecule has 0 bridgehead atoms. The molecule has 2 aromatic rings. The van der Waals surface area contributed by atoms with Gasteiger partial charge >= 0.3 is 0 Å². The highest BCUT2D eigenvalue weighted by atomic mass is 79.9. The third-order valence-electron chi connectivity index (χ3n) is 2.46. The number of H-pyrrole nitrogens is 1. The van der Waals surface area contributed by atoms with E-state index < -0.39 is 0 Å². The summed E-state index contributed by atoms with van der Waals surface area (Å²) >= 11 is 3.54. The molecule has 1 unspecified atom stereocenters. The van der Waals surface area contributed by atoms with E-state index in [1.54, 1.807) is 0 Å². The van der Waals surface area contributed by atoms with Crippen molar-refractivity contribution in [3.8, 4) is 0 Å². The first-order chi connectivity index (χ1) is 7.18. The number of aromatic nitrogens is 2. The molecule has 2 rings (SSSR count). The Hall–Kier alpha value is -1.29. The lowest BCUT2D eigenvalue weighted by Gasteiger charge is -2.11. The van der Waals surface area contributed by atoms with Crippen LogP contribution < -0.4 is 5.73 Å². The number of nitrogens with one attached hydrogen (secondary N) is 1. The molecule has 0 saturated carbocycles. The Balaban J connectivity index is 2.36. The summed E-state index contributed by atoms with van der Waals surface area (Å²) in [4.78, 5) is 0. The largest absolute Gasteiger partial charge is 0.382 e. The van der Waals surface area contributed by atoms with Gasteiger partial charge in [-0.05, 0) is 11.6 Å². The fourth-order valence-corrected chi connectivity index (χ4v) is 2.20. The summed E-state index contributed by atoms with van der Waals surface area (Å²) in [7, 11) is 0. The van der Waals surface area contributed by atoms with Crippen LogP contribution in [0.25, 0.3) is 0 Å². The second-order valence-electron chi connectivity index (χ2n) is 3.49. The normalized spacial score (nSPS) is 12.7. The van der Waals surface area contributed by atoms with Crippen LogP contribution in [0.4, 0.5) is 5.82 Å². The van der Waals surface area contributed by atoms with Gasteiger partial charge in [0.1, 0.15) is 5.82 Å². The standard InChI is InChI=1S/C11H12BrN3/c1-7(10-6-11(13)15-14-10)8-4-2-3-5-9(8)12/h2-7H,1H3,(H3,13,14,15). The number of hydrogen-bond acceptors (Lipinski definition) is 2. The van der Waals surface area contributed by atoms with Crippen LogP contribution >= 0.6 is 15.9 Å². The van der Waals surface area contributed by atoms with E-state index in [1.165, 1.54) is 5.56 Å². The number of anilines is 1. The smallest absolute Gasteiger partial charge is 0.145 e. The molecule has 3 nitrogen and oxygen atoms in total. The molecule has 3 N–H and O–H groups in total. The van der Waals surface area contributed by atoms with Gasteiger partial charge in [-0.15, -0.1) is 0 Å². The minimum absolute atomic E-state index is 0.255. The number of aromatic amines is 1. The van der Waals surface area contributed by atoms with Crippen LogP contribution in [0.15, 0.2) is 34.8 Å². The summed E-state index contributed by atoms with van der Waals surface area (Å²) in [5, 5.41) is 6.87. The summed E-state index contributed by atoms with van der Waals surface area (Å²) < 4.78 is 1.10. The van der Waals surface area contributed by atoms with Crippen molar-refractivity contribution < 1.29 is 0 Å². The number of benzene rings is 1. The lowest BCUT2D eigenvalue weighted by molar-refractivity contribution is 0.850. The van der Waals surface area contributed by atoms with Crippen LogP contribution in [-0.2, 0) is 0 Å². The van der Waals surface area contributed by atoms with Crippen molar-refractivity contribution in [3.05, 3.63) is 46.1 Å². The van der Waals surface area contributed by atoms with Gasteiger partial charge in [0.2, 0.25) is 0 Å². The molecule has 78 valence electrons. The van der Waals surface area contributed by atoms with E-state index in [2.05, 4.69) is 39.1 Å². The van der Waals surface area contributed by atoms with E-state index in [9.17, 15) is 0 Å². The lowest BCUT2D eigenvalue weighted by atomic mass is 9.98. The van der Waals surface area contributed by atoms with Crippen molar-refractivity contribution in [2.24, 2.45) is 0 Å². The first kappa shape index (κ1) is 10.2. The van der Waals surface area contributed by atoms with E-state index in [0.717, 1.165) is 10.2 Å². The fourth-order valence-electron chi connectivity index (χ4n) is 1.57. The highest BCUT2D eigenvalue weighted by molar-refractivity contribution is 9.10. The van der Waals surface area contributed by atoms with Gasteiger partial charge in [0.15, 0.2) is 0 Å². The Morgan fingerprint density at radius 2 is 2.13 bits per heavy atom. The number of nitrogens with zero attached hydrogens (tertiary/aromatic N) is 1. The van der Waals surface area contributed by atoms with Gasteiger partial charge in [0.25, 0.3) is 0 Å². The maximum absolute atomic E-state index is 5.58. The van der Waals surface area contributed by atoms with E-state index in [1.807, 2.05) is 24.3 Å². The van der Waals surface area contributed by atoms with Crippen molar-refractivity contribution in [2.45, 2.75) is 12.8 Å². The van der Waals surface area contributed by atoms with E-state index in [4.69, 9.17) is 5.73 Å². The van der Waals surface area contributed by atoms with Gasteiger partial charge in [-0.3, -0.25) is 5.10 Å². The topological polar surface area (TPSA) is 54.7 Å². The van der Waals surface area contributed by atoms with Gasteiger partial charge < -0.3 is 5.73 Å². The summed E-state index contributed by atoms with van der Waals surface area (Å²) in [6.45, 7) is 2.12. The van der Waals surface area contributed by atoms with Crippen LogP contribution in [0.1, 0.15) is 24.1 Å². The Kier molecular flexibility index (Phi) is 2.77. The Morgan fingerprint density at radius 3 is 2.73 bits per heavy atom. The monoisotopic (exact) mass is 265 g/mol. The Labute approximate surface area is 96.8 Å². The third-order valence-corrected chi connectivity index (χ3v) is 3.18. The molecule has 4 heteroatoms. The predicted molar refractivity (Wildman–Crippen MR) is 64.7 cm³/mol. The van der Waals surface area contributed by atoms with E-state index in [-0.39, 0.29) is 5.92 Å². The second-order valence-corrected chi connectivity index (χ2v) is 4.35. The van der Waals surface area contributed by atoms with Gasteiger partial charge in [-0.25, -0.2) is 0 Å². The number of halogens is 1. The lowest BCUT2D eigenvalue weighted by Crippen LogP contribution is -1.97. The van der Waals surface area contributed by atoms with Crippen LogP contribution in [0, 0.1) is 0 Å². The van der Waals surface area contributed by atoms with Crippen molar-refractivity contribution >= 4 is 21.7 Å². The highest BCUT2D eigenvalue weighted by Crippen LogP contribution is 2.29. The zero-order valence-corrected chi connectivity index (χ0v) is 9.95. The first-order valence-corrected chi connectivity index (χ1v) is 5.53. The second kappa shape index (κ2) is 4.06. The minimum Gasteiger partial charge on any atom is -0.382 e. The molecule has 0 radical (unpaired) electrons. The molecule has 0 amide bonds. The third kappa shape index (κ3) is 2.04. The molecule has 1 heterocycles. The van der Waals surface area contributed by atoms with Crippen LogP contribution in [0.5, 0.6) is 0 Å². The van der Waals surface area contributed by atoms with Gasteiger partial charge in [-0.1, -0.05) is 41.1 Å². The first-order valence-electron chi connectivity index (χ1n) is 4.73. The quantitative estimate of drug-likeness (QED) is 0.878. The van der Waals surface area contributed by atoms with E-state index >= 15 is 0 Å². The number of nitrogens with two attached hydrogens (primary N) is 1. The van der Waals surface area contributed by atoms with E-state index in [0.29, 0.717) is 5.82 Å². The minimum atomic E-state index is 0.255. The van der Waals surface area contributed by atoms with Crippen LogP contribution in [0.2, 0.25) is 0 Å². The predicted octanol–water partition coefficient (Wildman–Crippen LogP) is 2.91. The van der Waals surface area contributed by atoms with Gasteiger partial charge in [-0.2, -0.15) is 5.10 Å². The SMILES string of the molecule is CC(c1cc(N)n[nH]1)c1ccccc1Br. The molecule has 0 spiro atoms. The number of rotatable bonds is 2. The van der Waals surface area contributed by atoms with Crippen LogP contribution in [-0.4, -0.2) is 10.2 Å². The molecule has 1 atom stereocenters. The highest BCUT2D eigenvalue weighted by Gasteiger charge is 2.13. The molecule has 0 aliphatic rings. The molecule has 0 aliphatic carbocycles. The number of nitrogen functional groups attached to an aromatic ring is 1. The number of hydrogen-bond donors (Lipinski definition) is 2. The van der Waals surface area contributed by atoms with Crippen molar-refractivity contribution in [2.75, 3.05) is 5.73 Å². The van der Waals surface area contributed by atoms with Gasteiger partial charge in [0, 0.05) is 22.2 Å². The summed E-state index contributed by atoms with van der Waals surface area (Å²) in [5.41, 5.74) is 7.83. The van der Waals surface area contributed by atoms with Gasteiger partial charge in [0.05, 0.1) is 0 Å². The zero-order chi connectivity index (χ0) is 10.8. The molecule has 0 aliphatic heterocycles. The zero-order valence-electron chi connectivity index (χ0n) is 8.37. The summed E-state index contributed by atoms with van der Waals surface area (Å²) in [5.74, 6) is 0.786. The molecule has 1 aromatic carbocycles. The average Bonchev–Trinajstić information content (AvgIpc) is 2.65. The maximum Gasteiger partial charge on any atom is 0.145 e. The fraction of sp³-hybridized carbons (Fsp3) is 0.182. The van der Waals surface area contributed by atoms with Crippen molar-refractivity contribution in [1.29, 1.82) is 0 Å². The molecule has 15 heavy (non-hydrogen) atoms. The molecular formula is C11H12BrN3. The summed E-state index contributed by atoms with van der Waals surface area (Å²) in [6, 6.07) is 10.0. The molecular weight excluding hydrogens is 254 g/mol. The van der Waals surface area contributed by atoms with Crippen LogP contribution in [0.3, 0.4) is 0 Å². The Bertz CT molecular complexity index is 464.